The number of nitrogens with one attached hydrogen (secondary N) is 1. The topological polar surface area (TPSA) is 90.0 Å². The largest absolute Gasteiger partial charge is 0.366 e. The number of hydrogen-bond donors (Lipinski definition) is 2. The Morgan fingerprint density at radius 2 is 1.55 bits per heavy atom. The highest BCUT2D eigenvalue weighted by atomic mass is 32.2. The Kier molecular flexibility index (Phi) is 6.14. The Labute approximate surface area is 184 Å². The Hall–Kier alpha value is -3.84. The second-order valence-corrected chi connectivity index (χ2v) is 7.65. The molecule has 0 fully saturated rings. The van der Waals surface area contributed by atoms with Gasteiger partial charge in [0.2, 0.25) is 5.91 Å². The van der Waals surface area contributed by atoms with Crippen LogP contribution < -0.4 is 11.1 Å². The van der Waals surface area contributed by atoms with Crippen LogP contribution in [0.2, 0.25) is 0 Å². The summed E-state index contributed by atoms with van der Waals surface area (Å²) in [6.07, 6.45) is 1.81. The van der Waals surface area contributed by atoms with Crippen molar-refractivity contribution >= 4 is 29.3 Å². The van der Waals surface area contributed by atoms with Crippen LogP contribution in [0.3, 0.4) is 0 Å². The van der Waals surface area contributed by atoms with E-state index >= 15 is 0 Å². The number of carbonyl (C=O) groups excluding carboxylic acids is 2. The summed E-state index contributed by atoms with van der Waals surface area (Å²) < 4.78 is 2.03. The van der Waals surface area contributed by atoms with Gasteiger partial charge < -0.3 is 11.1 Å². The van der Waals surface area contributed by atoms with Crippen LogP contribution in [0.15, 0.2) is 96.3 Å². The number of nitrogens with two attached hydrogens (primary N) is 1. The quantitative estimate of drug-likeness (QED) is 0.428. The lowest BCUT2D eigenvalue weighted by molar-refractivity contribution is -0.113. The van der Waals surface area contributed by atoms with Gasteiger partial charge >= 0.3 is 0 Å². The van der Waals surface area contributed by atoms with Crippen LogP contribution in [0.1, 0.15) is 10.4 Å². The van der Waals surface area contributed by atoms with E-state index in [1.54, 1.807) is 24.3 Å². The molecule has 0 radical (unpaired) electrons. The average molecular weight is 429 g/mol. The van der Waals surface area contributed by atoms with Gasteiger partial charge in [0.05, 0.1) is 28.9 Å². The standard InChI is InChI=1S/C24H20N4O2S/c25-23(30)19-13-7-8-14-20(19)27-22(29)16-31-24-26-15-21(17-9-3-1-4-10-17)28(24)18-11-5-2-6-12-18/h1-15H,16H2,(H2,25,30)(H,27,29). The Morgan fingerprint density at radius 3 is 2.26 bits per heavy atom. The minimum absolute atomic E-state index is 0.130. The SMILES string of the molecule is NC(=O)c1ccccc1NC(=O)CSc1ncc(-c2ccccc2)n1-c1ccccc1. The summed E-state index contributed by atoms with van der Waals surface area (Å²) in [4.78, 5) is 28.7. The molecule has 7 heteroatoms. The molecule has 154 valence electrons. The lowest BCUT2D eigenvalue weighted by atomic mass is 10.1. The number of primary amides is 1. The number of nitrogens with zero attached hydrogens (tertiary/aromatic N) is 2. The Balaban J connectivity index is 1.57. The molecule has 0 bridgehead atoms. The molecule has 0 aliphatic heterocycles. The van der Waals surface area contributed by atoms with Crippen LogP contribution in [0.5, 0.6) is 0 Å². The zero-order valence-corrected chi connectivity index (χ0v) is 17.4. The second kappa shape index (κ2) is 9.32. The molecule has 1 aromatic heterocycles. The first-order valence-corrected chi connectivity index (χ1v) is 10.6. The molecule has 0 aliphatic rings. The van der Waals surface area contributed by atoms with Gasteiger partial charge in [-0.2, -0.15) is 0 Å². The van der Waals surface area contributed by atoms with Gasteiger partial charge in [-0.3, -0.25) is 14.2 Å². The van der Waals surface area contributed by atoms with Gasteiger partial charge in [-0.25, -0.2) is 4.98 Å². The number of para-hydroxylation sites is 2. The highest BCUT2D eigenvalue weighted by Crippen LogP contribution is 2.29. The van der Waals surface area contributed by atoms with E-state index in [2.05, 4.69) is 10.3 Å². The molecule has 0 spiro atoms. The third kappa shape index (κ3) is 4.67. The molecule has 0 atom stereocenters. The second-order valence-electron chi connectivity index (χ2n) is 6.71. The third-order valence-corrected chi connectivity index (χ3v) is 5.57. The van der Waals surface area contributed by atoms with E-state index in [9.17, 15) is 9.59 Å². The van der Waals surface area contributed by atoms with Crippen LogP contribution in [0.4, 0.5) is 5.69 Å². The van der Waals surface area contributed by atoms with Gasteiger partial charge in [-0.15, -0.1) is 0 Å². The molecule has 0 unspecified atom stereocenters. The highest BCUT2D eigenvalue weighted by molar-refractivity contribution is 7.99. The van der Waals surface area contributed by atoms with Crippen molar-refractivity contribution in [2.75, 3.05) is 11.1 Å². The van der Waals surface area contributed by atoms with Gasteiger partial charge in [0.25, 0.3) is 5.91 Å². The number of amides is 2. The summed E-state index contributed by atoms with van der Waals surface area (Å²) in [7, 11) is 0. The number of anilines is 1. The number of rotatable bonds is 7. The summed E-state index contributed by atoms with van der Waals surface area (Å²) in [6.45, 7) is 0. The molecule has 6 nitrogen and oxygen atoms in total. The molecular formula is C24H20N4O2S. The maximum Gasteiger partial charge on any atom is 0.250 e. The third-order valence-electron chi connectivity index (χ3n) is 4.61. The Morgan fingerprint density at radius 1 is 0.903 bits per heavy atom. The van der Waals surface area contributed by atoms with E-state index in [0.717, 1.165) is 16.9 Å². The fourth-order valence-corrected chi connectivity index (χ4v) is 3.99. The van der Waals surface area contributed by atoms with Gasteiger partial charge in [-0.1, -0.05) is 72.4 Å². The van der Waals surface area contributed by atoms with Crippen LogP contribution in [-0.4, -0.2) is 27.1 Å². The van der Waals surface area contributed by atoms with Crippen LogP contribution in [0, 0.1) is 0 Å². The number of thioether (sulfide) groups is 1. The van der Waals surface area contributed by atoms with Crippen molar-refractivity contribution in [3.8, 4) is 16.9 Å². The number of hydrogen-bond acceptors (Lipinski definition) is 4. The van der Waals surface area contributed by atoms with Crippen molar-refractivity contribution in [2.24, 2.45) is 5.73 Å². The zero-order valence-electron chi connectivity index (χ0n) is 16.6. The molecule has 2 amide bonds. The highest BCUT2D eigenvalue weighted by Gasteiger charge is 2.16. The van der Waals surface area contributed by atoms with Crippen molar-refractivity contribution < 1.29 is 9.59 Å². The fourth-order valence-electron chi connectivity index (χ4n) is 3.20. The lowest BCUT2D eigenvalue weighted by Gasteiger charge is -2.12. The number of aromatic nitrogens is 2. The molecular weight excluding hydrogens is 408 g/mol. The molecule has 4 aromatic rings. The molecule has 1 heterocycles. The molecule has 0 saturated heterocycles. The van der Waals surface area contributed by atoms with E-state index in [-0.39, 0.29) is 17.2 Å². The molecule has 4 rings (SSSR count). The van der Waals surface area contributed by atoms with E-state index in [1.165, 1.54) is 11.8 Å². The fraction of sp³-hybridized carbons (Fsp3) is 0.0417. The minimum Gasteiger partial charge on any atom is -0.366 e. The zero-order chi connectivity index (χ0) is 21.6. The van der Waals surface area contributed by atoms with Crippen molar-refractivity contribution in [1.82, 2.24) is 9.55 Å². The molecule has 31 heavy (non-hydrogen) atoms. The van der Waals surface area contributed by atoms with Crippen LogP contribution in [0.25, 0.3) is 16.9 Å². The van der Waals surface area contributed by atoms with Gasteiger partial charge in [0, 0.05) is 11.3 Å². The van der Waals surface area contributed by atoms with E-state index in [1.807, 2.05) is 71.4 Å². The summed E-state index contributed by atoms with van der Waals surface area (Å²) in [6, 6.07) is 26.5. The minimum atomic E-state index is -0.587. The van der Waals surface area contributed by atoms with E-state index < -0.39 is 5.91 Å². The average Bonchev–Trinajstić information content (AvgIpc) is 3.23. The summed E-state index contributed by atoms with van der Waals surface area (Å²) in [5.74, 6) is -0.705. The first-order valence-electron chi connectivity index (χ1n) is 9.63. The van der Waals surface area contributed by atoms with Crippen LogP contribution >= 0.6 is 11.8 Å². The Bertz CT molecular complexity index is 1210. The molecule has 3 N–H and O–H groups in total. The van der Waals surface area contributed by atoms with Crippen molar-refractivity contribution in [3.63, 3.8) is 0 Å². The summed E-state index contributed by atoms with van der Waals surface area (Å²) >= 11 is 1.32. The number of carbonyl (C=O) groups is 2. The predicted molar refractivity (Wildman–Crippen MR) is 123 cm³/mol. The first kappa shape index (κ1) is 20.4. The predicted octanol–water partition coefficient (Wildman–Crippen LogP) is 4.37. The van der Waals surface area contributed by atoms with Crippen molar-refractivity contribution in [2.45, 2.75) is 5.16 Å². The summed E-state index contributed by atoms with van der Waals surface area (Å²) in [5.41, 5.74) is 9.00. The maximum absolute atomic E-state index is 12.6. The van der Waals surface area contributed by atoms with E-state index in [4.69, 9.17) is 5.73 Å². The monoisotopic (exact) mass is 428 g/mol. The van der Waals surface area contributed by atoms with Gasteiger partial charge in [0.15, 0.2) is 5.16 Å². The molecule has 0 saturated carbocycles. The van der Waals surface area contributed by atoms with Gasteiger partial charge in [0.1, 0.15) is 0 Å². The van der Waals surface area contributed by atoms with E-state index in [0.29, 0.717) is 10.8 Å². The van der Waals surface area contributed by atoms with Crippen molar-refractivity contribution in [1.29, 1.82) is 0 Å². The molecule has 0 aliphatic carbocycles. The van der Waals surface area contributed by atoms with Crippen molar-refractivity contribution in [3.05, 3.63) is 96.7 Å². The normalized spacial score (nSPS) is 10.6. The number of imidazole rings is 1. The summed E-state index contributed by atoms with van der Waals surface area (Å²) in [5, 5.41) is 3.46. The first-order chi connectivity index (χ1) is 15.1. The smallest absolute Gasteiger partial charge is 0.250 e. The lowest BCUT2D eigenvalue weighted by Crippen LogP contribution is -2.19. The molecule has 3 aromatic carbocycles. The van der Waals surface area contributed by atoms with Crippen LogP contribution in [-0.2, 0) is 4.79 Å². The maximum atomic E-state index is 12.6. The van der Waals surface area contributed by atoms with Gasteiger partial charge in [-0.05, 0) is 24.3 Å². The number of benzene rings is 3.